The molecule has 0 heterocycles. The van der Waals surface area contributed by atoms with Gasteiger partial charge in [-0.25, -0.2) is 8.42 Å². The minimum Gasteiger partial charge on any atom is -0.377 e. The number of guanidine groups is 1. The van der Waals surface area contributed by atoms with Crippen molar-refractivity contribution < 1.29 is 13.2 Å². The molecule has 0 aliphatic heterocycles. The Bertz CT molecular complexity index is 1050. The van der Waals surface area contributed by atoms with Gasteiger partial charge in [0, 0.05) is 43.6 Å². The Morgan fingerprint density at radius 2 is 1.78 bits per heavy atom. The summed E-state index contributed by atoms with van der Waals surface area (Å²) >= 11 is 0. The van der Waals surface area contributed by atoms with E-state index >= 15 is 0 Å². The standard InChI is InChI=1S/C22H34N6O3S/c1-4-5-14-25-21(29)18(11-8-15-26-22(23)24)27-32(30,31)20-13-7-9-16-17(20)10-6-12-19(16)28(2)3/h6-7,9-10,12-13,18,27H,4-5,8,11,14-15H2,1-3H3,(H,25,29)(H4,23,24,26). The number of sulfonamides is 1. The Morgan fingerprint density at radius 3 is 2.44 bits per heavy atom. The number of unbranched alkanes of at least 4 members (excludes halogenated alkanes) is 1. The molecule has 1 unspecified atom stereocenters. The largest absolute Gasteiger partial charge is 0.377 e. The molecule has 0 aliphatic rings. The zero-order valence-electron chi connectivity index (χ0n) is 19.0. The number of fused-ring (bicyclic) bond motifs is 1. The fraction of sp³-hybridized carbons (Fsp3) is 0.455. The van der Waals surface area contributed by atoms with Crippen LogP contribution in [0.3, 0.4) is 0 Å². The number of carbonyl (C=O) groups excluding carboxylic acids is 1. The Morgan fingerprint density at radius 1 is 1.09 bits per heavy atom. The molecule has 0 radical (unpaired) electrons. The van der Waals surface area contributed by atoms with Gasteiger partial charge in [-0.2, -0.15) is 4.72 Å². The molecule has 6 N–H and O–H groups in total. The SMILES string of the molecule is CCCCNC(=O)C(CCCN=C(N)N)NS(=O)(=O)c1cccc2c(N(C)C)cccc12. The quantitative estimate of drug-likeness (QED) is 0.214. The fourth-order valence-corrected chi connectivity index (χ4v) is 4.85. The zero-order valence-corrected chi connectivity index (χ0v) is 19.8. The van der Waals surface area contributed by atoms with Crippen LogP contribution in [0.2, 0.25) is 0 Å². The summed E-state index contributed by atoms with van der Waals surface area (Å²) in [5.74, 6) is -0.400. The lowest BCUT2D eigenvalue weighted by molar-refractivity contribution is -0.122. The highest BCUT2D eigenvalue weighted by Gasteiger charge is 2.26. The van der Waals surface area contributed by atoms with Gasteiger partial charge < -0.3 is 21.7 Å². The number of hydrogen-bond acceptors (Lipinski definition) is 5. The van der Waals surface area contributed by atoms with Crippen LogP contribution >= 0.6 is 0 Å². The average Bonchev–Trinajstić information content (AvgIpc) is 2.74. The molecule has 0 spiro atoms. The summed E-state index contributed by atoms with van der Waals surface area (Å²) in [4.78, 5) is 18.7. The fourth-order valence-electron chi connectivity index (χ4n) is 3.40. The third-order valence-corrected chi connectivity index (χ3v) is 6.55. The molecule has 2 rings (SSSR count). The minimum absolute atomic E-state index is 0.0398. The molecule has 32 heavy (non-hydrogen) atoms. The summed E-state index contributed by atoms with van der Waals surface area (Å²) in [7, 11) is -0.164. The predicted molar refractivity (Wildman–Crippen MR) is 130 cm³/mol. The van der Waals surface area contributed by atoms with Crippen molar-refractivity contribution in [1.29, 1.82) is 0 Å². The Hall–Kier alpha value is -2.85. The number of rotatable bonds is 12. The van der Waals surface area contributed by atoms with Crippen molar-refractivity contribution in [3.05, 3.63) is 36.4 Å². The van der Waals surface area contributed by atoms with Crippen LogP contribution in [-0.2, 0) is 14.8 Å². The number of benzene rings is 2. The Labute approximate surface area is 190 Å². The molecule has 1 amide bonds. The van der Waals surface area contributed by atoms with E-state index in [0.717, 1.165) is 23.9 Å². The van der Waals surface area contributed by atoms with Crippen molar-refractivity contribution in [3.63, 3.8) is 0 Å². The first-order valence-electron chi connectivity index (χ1n) is 10.7. The number of anilines is 1. The normalized spacial score (nSPS) is 12.3. The number of nitrogens with two attached hydrogens (primary N) is 2. The lowest BCUT2D eigenvalue weighted by Gasteiger charge is -2.20. The van der Waals surface area contributed by atoms with Crippen molar-refractivity contribution in [2.24, 2.45) is 16.5 Å². The van der Waals surface area contributed by atoms with Gasteiger partial charge in [-0.15, -0.1) is 0 Å². The van der Waals surface area contributed by atoms with Crippen LogP contribution in [0, 0.1) is 0 Å². The lowest BCUT2D eigenvalue weighted by Crippen LogP contribution is -2.47. The maximum Gasteiger partial charge on any atom is 0.241 e. The molecule has 0 bridgehead atoms. The molecule has 1 atom stereocenters. The number of hydrogen-bond donors (Lipinski definition) is 4. The van der Waals surface area contributed by atoms with Crippen molar-refractivity contribution in [1.82, 2.24) is 10.0 Å². The second-order valence-corrected chi connectivity index (χ2v) is 9.47. The maximum absolute atomic E-state index is 13.3. The topological polar surface area (TPSA) is 143 Å². The molecular formula is C22H34N6O3S. The molecular weight excluding hydrogens is 428 g/mol. The van der Waals surface area contributed by atoms with Crippen LogP contribution in [0.1, 0.15) is 32.6 Å². The van der Waals surface area contributed by atoms with Crippen molar-refractivity contribution in [3.8, 4) is 0 Å². The Kier molecular flexibility index (Phi) is 9.27. The number of aliphatic imine (C=N–C) groups is 1. The molecule has 2 aromatic carbocycles. The van der Waals surface area contributed by atoms with Crippen LogP contribution < -0.4 is 26.4 Å². The molecule has 2 aromatic rings. The third-order valence-electron chi connectivity index (χ3n) is 5.02. The number of nitrogens with one attached hydrogen (secondary N) is 2. The van der Waals surface area contributed by atoms with Gasteiger partial charge in [-0.1, -0.05) is 37.6 Å². The first-order chi connectivity index (χ1) is 15.2. The van der Waals surface area contributed by atoms with E-state index in [1.165, 1.54) is 0 Å². The van der Waals surface area contributed by atoms with Crippen LogP contribution in [0.5, 0.6) is 0 Å². The molecule has 176 valence electrons. The summed E-state index contributed by atoms with van der Waals surface area (Å²) in [5.41, 5.74) is 11.6. The number of carbonyl (C=O) groups is 1. The maximum atomic E-state index is 13.3. The number of nitrogens with zero attached hydrogens (tertiary/aromatic N) is 2. The molecule has 10 heteroatoms. The van der Waals surface area contributed by atoms with E-state index in [0.29, 0.717) is 24.9 Å². The second-order valence-electron chi connectivity index (χ2n) is 7.79. The summed E-state index contributed by atoms with van der Waals surface area (Å²) in [6.07, 6.45) is 2.45. The van der Waals surface area contributed by atoms with Gasteiger partial charge in [0.2, 0.25) is 15.9 Å². The smallest absolute Gasteiger partial charge is 0.241 e. The second kappa shape index (κ2) is 11.7. The van der Waals surface area contributed by atoms with Crippen molar-refractivity contribution >= 4 is 38.3 Å². The lowest BCUT2D eigenvalue weighted by atomic mass is 10.1. The van der Waals surface area contributed by atoms with Gasteiger partial charge in [0.05, 0.1) is 4.90 Å². The summed E-state index contributed by atoms with van der Waals surface area (Å²) in [6, 6.07) is 9.73. The number of amides is 1. The van der Waals surface area contributed by atoms with Crippen LogP contribution in [0.25, 0.3) is 10.8 Å². The average molecular weight is 463 g/mol. The van der Waals surface area contributed by atoms with Gasteiger partial charge in [0.1, 0.15) is 6.04 Å². The molecule has 0 fully saturated rings. The van der Waals surface area contributed by atoms with Crippen molar-refractivity contribution in [2.45, 2.75) is 43.5 Å². The molecule has 0 saturated carbocycles. The van der Waals surface area contributed by atoms with E-state index in [9.17, 15) is 13.2 Å². The molecule has 0 saturated heterocycles. The van der Waals surface area contributed by atoms with Gasteiger partial charge in [-0.3, -0.25) is 9.79 Å². The van der Waals surface area contributed by atoms with Gasteiger partial charge in [0.15, 0.2) is 5.96 Å². The van der Waals surface area contributed by atoms with Crippen LogP contribution in [0.15, 0.2) is 46.3 Å². The molecule has 0 aliphatic carbocycles. The van der Waals surface area contributed by atoms with Gasteiger partial charge in [0.25, 0.3) is 0 Å². The zero-order chi connectivity index (χ0) is 23.7. The van der Waals surface area contributed by atoms with Crippen LogP contribution in [0.4, 0.5) is 5.69 Å². The first kappa shape index (κ1) is 25.4. The highest BCUT2D eigenvalue weighted by molar-refractivity contribution is 7.89. The highest BCUT2D eigenvalue weighted by atomic mass is 32.2. The molecule has 0 aromatic heterocycles. The van der Waals surface area contributed by atoms with E-state index in [1.54, 1.807) is 18.2 Å². The monoisotopic (exact) mass is 462 g/mol. The van der Waals surface area contributed by atoms with E-state index in [1.807, 2.05) is 44.1 Å². The summed E-state index contributed by atoms with van der Waals surface area (Å²) in [5, 5.41) is 4.22. The van der Waals surface area contributed by atoms with Gasteiger partial charge >= 0.3 is 0 Å². The Balaban J connectivity index is 2.33. The first-order valence-corrected chi connectivity index (χ1v) is 12.2. The predicted octanol–water partition coefficient (Wildman–Crippen LogP) is 1.52. The third kappa shape index (κ3) is 6.83. The van der Waals surface area contributed by atoms with E-state index in [4.69, 9.17) is 11.5 Å². The van der Waals surface area contributed by atoms with Gasteiger partial charge in [-0.05, 0) is 31.4 Å². The highest BCUT2D eigenvalue weighted by Crippen LogP contribution is 2.30. The van der Waals surface area contributed by atoms with E-state index in [2.05, 4.69) is 15.0 Å². The summed E-state index contributed by atoms with van der Waals surface area (Å²) in [6.45, 7) is 2.81. The van der Waals surface area contributed by atoms with E-state index in [-0.39, 0.29) is 23.2 Å². The molecule has 9 nitrogen and oxygen atoms in total. The minimum atomic E-state index is -3.97. The van der Waals surface area contributed by atoms with E-state index < -0.39 is 16.1 Å². The van der Waals surface area contributed by atoms with Crippen molar-refractivity contribution in [2.75, 3.05) is 32.1 Å². The van der Waals surface area contributed by atoms with Crippen LogP contribution in [-0.4, -0.2) is 53.5 Å². The summed E-state index contributed by atoms with van der Waals surface area (Å²) < 4.78 is 29.3.